The molecule has 0 radical (unpaired) electrons. The lowest BCUT2D eigenvalue weighted by Crippen LogP contribution is -2.62. The smallest absolute Gasteiger partial charge is 0.103 e. The van der Waals surface area contributed by atoms with Crippen LogP contribution in [0.1, 0.15) is 70.3 Å². The second-order valence-corrected chi connectivity index (χ2v) is 8.63. The summed E-state index contributed by atoms with van der Waals surface area (Å²) in [6, 6.07) is 8.16. The zero-order valence-corrected chi connectivity index (χ0v) is 16.4. The quantitative estimate of drug-likeness (QED) is 0.697. The Hall–Kier alpha value is -1.10. The van der Waals surface area contributed by atoms with Crippen LogP contribution in [0, 0.1) is 11.8 Å². The van der Waals surface area contributed by atoms with Gasteiger partial charge >= 0.3 is 0 Å². The van der Waals surface area contributed by atoms with Crippen molar-refractivity contribution in [2.75, 3.05) is 12.3 Å². The van der Waals surface area contributed by atoms with E-state index < -0.39 is 5.60 Å². The summed E-state index contributed by atoms with van der Waals surface area (Å²) in [7, 11) is 0. The van der Waals surface area contributed by atoms with Crippen molar-refractivity contribution < 1.29 is 9.84 Å². The zero-order valence-electron chi connectivity index (χ0n) is 16.4. The number of aliphatic hydroxyl groups is 1. The third-order valence-electron chi connectivity index (χ3n) is 6.86. The lowest BCUT2D eigenvalue weighted by molar-refractivity contribution is -0.149. The van der Waals surface area contributed by atoms with Crippen molar-refractivity contribution in [2.24, 2.45) is 17.6 Å². The van der Waals surface area contributed by atoms with Crippen molar-refractivity contribution in [2.45, 2.75) is 82.5 Å². The third-order valence-corrected chi connectivity index (χ3v) is 6.86. The molecule has 146 valence electrons. The second kappa shape index (κ2) is 8.28. The van der Waals surface area contributed by atoms with Crippen LogP contribution in [0.4, 0.5) is 5.69 Å². The number of hydrogen-bond acceptors (Lipinski definition) is 4. The first-order valence-electron chi connectivity index (χ1n) is 10.4. The molecular weight excluding hydrogens is 324 g/mol. The van der Waals surface area contributed by atoms with Gasteiger partial charge in [0.1, 0.15) is 5.60 Å². The lowest BCUT2D eigenvalue weighted by atomic mass is 9.64. The molecule has 2 fully saturated rings. The van der Waals surface area contributed by atoms with Crippen molar-refractivity contribution in [3.8, 4) is 0 Å². The fraction of sp³-hybridized carbons (Fsp3) is 0.727. The molecule has 5 N–H and O–H groups in total. The first-order chi connectivity index (χ1) is 12.4. The Bertz CT molecular complexity index is 564. The van der Waals surface area contributed by atoms with Gasteiger partial charge in [-0.3, -0.25) is 0 Å². The number of hydrogen-bond donors (Lipinski definition) is 3. The van der Waals surface area contributed by atoms with E-state index in [1.807, 2.05) is 19.1 Å². The van der Waals surface area contributed by atoms with Crippen molar-refractivity contribution in [1.82, 2.24) is 0 Å². The number of benzene rings is 1. The summed E-state index contributed by atoms with van der Waals surface area (Å²) < 4.78 is 5.90. The Balaban J connectivity index is 1.58. The number of ether oxygens (including phenoxy) is 1. The molecular formula is C22H36N2O2. The summed E-state index contributed by atoms with van der Waals surface area (Å²) in [5.41, 5.74) is 13.7. The summed E-state index contributed by atoms with van der Waals surface area (Å²) in [4.78, 5) is 0. The Morgan fingerprint density at radius 3 is 2.35 bits per heavy atom. The van der Waals surface area contributed by atoms with Gasteiger partial charge < -0.3 is 21.3 Å². The molecule has 26 heavy (non-hydrogen) atoms. The molecule has 1 aromatic rings. The largest absolute Gasteiger partial charge is 0.399 e. The monoisotopic (exact) mass is 360 g/mol. The van der Waals surface area contributed by atoms with Crippen LogP contribution in [0.15, 0.2) is 24.3 Å². The first-order valence-corrected chi connectivity index (χ1v) is 10.4. The van der Waals surface area contributed by atoms with Crippen molar-refractivity contribution in [3.05, 3.63) is 29.8 Å². The number of anilines is 1. The maximum atomic E-state index is 11.0. The third kappa shape index (κ3) is 4.08. The molecule has 2 aliphatic carbocycles. The molecule has 2 saturated carbocycles. The van der Waals surface area contributed by atoms with Gasteiger partial charge in [0, 0.05) is 18.3 Å². The zero-order chi connectivity index (χ0) is 18.7. The SMILES string of the molecule is CCCOC1CCC(C2CCC(c3ccc(N)cc3)CC2)C(N)C1(C)O. The predicted molar refractivity (Wildman–Crippen MR) is 107 cm³/mol. The predicted octanol–water partition coefficient (Wildman–Crippen LogP) is 3.83. The van der Waals surface area contributed by atoms with Crippen LogP contribution in [-0.4, -0.2) is 29.5 Å². The summed E-state index contributed by atoms with van der Waals surface area (Å²) in [5.74, 6) is 1.65. The van der Waals surface area contributed by atoms with Crippen LogP contribution in [-0.2, 0) is 4.74 Å². The molecule has 0 aromatic heterocycles. The molecule has 0 spiro atoms. The summed E-state index contributed by atoms with van der Waals surface area (Å²) in [6.07, 6.45) is 7.64. The maximum absolute atomic E-state index is 11.0. The van der Waals surface area contributed by atoms with Gasteiger partial charge in [0.15, 0.2) is 0 Å². The Kier molecular flexibility index (Phi) is 6.26. The first kappa shape index (κ1) is 19.7. The molecule has 0 aliphatic heterocycles. The van der Waals surface area contributed by atoms with Crippen molar-refractivity contribution in [1.29, 1.82) is 0 Å². The van der Waals surface area contributed by atoms with Crippen LogP contribution < -0.4 is 11.5 Å². The van der Waals surface area contributed by atoms with Crippen LogP contribution in [0.25, 0.3) is 0 Å². The van der Waals surface area contributed by atoms with E-state index in [2.05, 4.69) is 19.1 Å². The average molecular weight is 361 g/mol. The van der Waals surface area contributed by atoms with E-state index >= 15 is 0 Å². The molecule has 4 atom stereocenters. The average Bonchev–Trinajstić information content (AvgIpc) is 2.64. The van der Waals surface area contributed by atoms with Gasteiger partial charge in [0.2, 0.25) is 0 Å². The van der Waals surface area contributed by atoms with Gasteiger partial charge in [0.25, 0.3) is 0 Å². The van der Waals surface area contributed by atoms with Gasteiger partial charge in [0.05, 0.1) is 6.10 Å². The van der Waals surface area contributed by atoms with Crippen LogP contribution in [0.3, 0.4) is 0 Å². The molecule has 4 unspecified atom stereocenters. The summed E-state index contributed by atoms with van der Waals surface area (Å²) >= 11 is 0. The summed E-state index contributed by atoms with van der Waals surface area (Å²) in [5, 5.41) is 11.0. The highest BCUT2D eigenvalue weighted by atomic mass is 16.5. The second-order valence-electron chi connectivity index (χ2n) is 8.63. The van der Waals surface area contributed by atoms with Gasteiger partial charge in [-0.2, -0.15) is 0 Å². The molecule has 0 saturated heterocycles. The van der Waals surface area contributed by atoms with E-state index in [1.54, 1.807) is 0 Å². The standard InChI is InChI=1S/C22H36N2O2/c1-3-14-26-20-13-12-19(21(24)22(20,2)25)17-6-4-15(5-7-17)16-8-10-18(23)11-9-16/h8-11,15,17,19-21,25H,3-7,12-14,23-24H2,1-2H3. The maximum Gasteiger partial charge on any atom is 0.103 e. The highest BCUT2D eigenvalue weighted by Gasteiger charge is 2.48. The Labute approximate surface area is 158 Å². The Morgan fingerprint density at radius 2 is 1.73 bits per heavy atom. The normalized spacial score (nSPS) is 38.2. The van der Waals surface area contributed by atoms with Crippen molar-refractivity contribution >= 4 is 5.69 Å². The molecule has 2 aliphatic rings. The molecule has 4 heteroatoms. The fourth-order valence-corrected chi connectivity index (χ4v) is 5.15. The Morgan fingerprint density at radius 1 is 1.08 bits per heavy atom. The van der Waals surface area contributed by atoms with Gasteiger partial charge in [-0.1, -0.05) is 19.1 Å². The molecule has 4 nitrogen and oxygen atoms in total. The number of nitrogen functional groups attached to an aromatic ring is 1. The van der Waals surface area contributed by atoms with Gasteiger partial charge in [-0.15, -0.1) is 0 Å². The highest BCUT2D eigenvalue weighted by Crippen LogP contribution is 2.45. The van der Waals surface area contributed by atoms with E-state index in [-0.39, 0.29) is 12.1 Å². The van der Waals surface area contributed by atoms with Crippen LogP contribution in [0.2, 0.25) is 0 Å². The molecule has 3 rings (SSSR count). The molecule has 0 bridgehead atoms. The molecule has 0 heterocycles. The molecule has 0 amide bonds. The van der Waals surface area contributed by atoms with Gasteiger partial charge in [-0.05, 0) is 87.3 Å². The minimum absolute atomic E-state index is 0.125. The van der Waals surface area contributed by atoms with Crippen molar-refractivity contribution in [3.63, 3.8) is 0 Å². The van der Waals surface area contributed by atoms with Crippen LogP contribution in [0.5, 0.6) is 0 Å². The number of rotatable bonds is 5. The molecule has 1 aromatic carbocycles. The van der Waals surface area contributed by atoms with Crippen LogP contribution >= 0.6 is 0 Å². The highest BCUT2D eigenvalue weighted by molar-refractivity contribution is 5.40. The summed E-state index contributed by atoms with van der Waals surface area (Å²) in [6.45, 7) is 4.68. The van der Waals surface area contributed by atoms with E-state index in [0.717, 1.165) is 24.9 Å². The minimum atomic E-state index is -0.925. The van der Waals surface area contributed by atoms with E-state index in [4.69, 9.17) is 16.2 Å². The number of nitrogens with two attached hydrogens (primary N) is 2. The van der Waals surface area contributed by atoms with E-state index in [9.17, 15) is 5.11 Å². The lowest BCUT2D eigenvalue weighted by Gasteiger charge is -2.49. The van der Waals surface area contributed by atoms with Gasteiger partial charge in [-0.25, -0.2) is 0 Å². The topological polar surface area (TPSA) is 81.5 Å². The minimum Gasteiger partial charge on any atom is -0.399 e. The van der Waals surface area contributed by atoms with E-state index in [1.165, 1.54) is 31.2 Å². The fourth-order valence-electron chi connectivity index (χ4n) is 5.15. The van der Waals surface area contributed by atoms with E-state index in [0.29, 0.717) is 24.4 Å².